The van der Waals surface area contributed by atoms with E-state index in [4.69, 9.17) is 4.74 Å². The number of isocyanates is 1. The Labute approximate surface area is 101 Å². The summed E-state index contributed by atoms with van der Waals surface area (Å²) >= 11 is 0. The van der Waals surface area contributed by atoms with Gasteiger partial charge in [0.05, 0.1) is 13.2 Å². The van der Waals surface area contributed by atoms with Crippen LogP contribution in [0.1, 0.15) is 24.3 Å². The molecule has 2 atom stereocenters. The van der Waals surface area contributed by atoms with Gasteiger partial charge in [-0.15, -0.1) is 0 Å². The van der Waals surface area contributed by atoms with Crippen molar-refractivity contribution in [3.63, 3.8) is 0 Å². The van der Waals surface area contributed by atoms with Crippen LogP contribution in [0.3, 0.4) is 0 Å². The average molecular weight is 229 g/mol. The molecule has 0 saturated heterocycles. The molecule has 0 saturated carbocycles. The minimum absolute atomic E-state index is 0.00426. The highest BCUT2D eigenvalue weighted by Gasteiger charge is 2.23. The first-order valence-corrected chi connectivity index (χ1v) is 5.71. The molecule has 0 bridgehead atoms. The van der Waals surface area contributed by atoms with Crippen LogP contribution in [0.15, 0.2) is 41.4 Å². The van der Waals surface area contributed by atoms with E-state index >= 15 is 0 Å². The third-order valence-electron chi connectivity index (χ3n) is 3.14. The molecule has 3 heteroatoms. The minimum atomic E-state index is 0.00426. The number of ether oxygens (including phenoxy) is 1. The van der Waals surface area contributed by atoms with Crippen LogP contribution in [0, 0.1) is 0 Å². The van der Waals surface area contributed by atoms with Gasteiger partial charge in [0.15, 0.2) is 0 Å². The van der Waals surface area contributed by atoms with Gasteiger partial charge in [0.1, 0.15) is 5.75 Å². The van der Waals surface area contributed by atoms with Gasteiger partial charge < -0.3 is 4.74 Å². The van der Waals surface area contributed by atoms with E-state index in [0.717, 1.165) is 24.2 Å². The number of hydrogen-bond acceptors (Lipinski definition) is 3. The summed E-state index contributed by atoms with van der Waals surface area (Å²) in [6, 6.07) is 7.95. The normalized spacial score (nSPS) is 22.9. The number of carbonyl (C=O) groups excluding carboxylic acids is 1. The van der Waals surface area contributed by atoms with Gasteiger partial charge in [-0.25, -0.2) is 9.79 Å². The molecule has 0 unspecified atom stereocenters. The molecule has 0 aliphatic heterocycles. The lowest BCUT2D eigenvalue weighted by molar-refractivity contribution is 0.412. The Hall–Kier alpha value is -1.86. The lowest BCUT2D eigenvalue weighted by Crippen LogP contribution is -2.18. The summed E-state index contributed by atoms with van der Waals surface area (Å²) in [5, 5.41) is 0. The fourth-order valence-corrected chi connectivity index (χ4v) is 2.24. The Morgan fingerprint density at radius 3 is 2.94 bits per heavy atom. The molecular weight excluding hydrogens is 214 g/mol. The van der Waals surface area contributed by atoms with Crippen LogP contribution >= 0.6 is 0 Å². The molecule has 1 aliphatic carbocycles. The van der Waals surface area contributed by atoms with Gasteiger partial charge in [0, 0.05) is 5.92 Å². The van der Waals surface area contributed by atoms with Crippen LogP contribution in [0.5, 0.6) is 5.75 Å². The van der Waals surface area contributed by atoms with E-state index in [9.17, 15) is 4.79 Å². The molecule has 17 heavy (non-hydrogen) atoms. The second-order valence-corrected chi connectivity index (χ2v) is 4.11. The first kappa shape index (κ1) is 11.6. The number of rotatable bonds is 3. The van der Waals surface area contributed by atoms with Crippen molar-refractivity contribution in [2.45, 2.75) is 24.8 Å². The van der Waals surface area contributed by atoms with Crippen molar-refractivity contribution < 1.29 is 9.53 Å². The van der Waals surface area contributed by atoms with Crippen LogP contribution in [0.25, 0.3) is 0 Å². The first-order chi connectivity index (χ1) is 8.35. The number of methoxy groups -OCH3 is 1. The second kappa shape index (κ2) is 5.46. The molecule has 0 fully saturated rings. The molecule has 2 rings (SSSR count). The number of allylic oxidation sites excluding steroid dienone is 1. The SMILES string of the molecule is COc1cccc([C@H]2CC=CC[C@@H]2N=C=O)c1. The van der Waals surface area contributed by atoms with E-state index in [1.54, 1.807) is 13.2 Å². The minimum Gasteiger partial charge on any atom is -0.497 e. The van der Waals surface area contributed by atoms with Gasteiger partial charge in [0.25, 0.3) is 0 Å². The van der Waals surface area contributed by atoms with Gasteiger partial charge >= 0.3 is 0 Å². The molecule has 1 aliphatic rings. The Kier molecular flexibility index (Phi) is 3.73. The maximum absolute atomic E-state index is 10.4. The molecular formula is C14H15NO2. The second-order valence-electron chi connectivity index (χ2n) is 4.11. The zero-order valence-electron chi connectivity index (χ0n) is 9.80. The summed E-state index contributed by atoms with van der Waals surface area (Å²) < 4.78 is 5.21. The lowest BCUT2D eigenvalue weighted by Gasteiger charge is -2.24. The maximum Gasteiger partial charge on any atom is 0.235 e. The zero-order valence-corrected chi connectivity index (χ0v) is 9.80. The first-order valence-electron chi connectivity index (χ1n) is 5.71. The highest BCUT2D eigenvalue weighted by molar-refractivity contribution is 5.37. The third kappa shape index (κ3) is 2.63. The van der Waals surface area contributed by atoms with Crippen LogP contribution in [0.2, 0.25) is 0 Å². The Balaban J connectivity index is 2.29. The standard InChI is InChI=1S/C14H15NO2/c1-17-12-6-4-5-11(9-12)13-7-2-3-8-14(13)15-10-16/h2-6,9,13-14H,7-8H2,1H3/t13-,14+/m1/s1. The number of hydrogen-bond donors (Lipinski definition) is 0. The number of nitrogens with zero attached hydrogens (tertiary/aromatic N) is 1. The Morgan fingerprint density at radius 2 is 2.18 bits per heavy atom. The summed E-state index contributed by atoms with van der Waals surface area (Å²) in [7, 11) is 1.65. The molecule has 0 amide bonds. The van der Waals surface area contributed by atoms with Crippen molar-refractivity contribution >= 4 is 6.08 Å². The topological polar surface area (TPSA) is 38.7 Å². The number of benzene rings is 1. The van der Waals surface area contributed by atoms with Crippen LogP contribution in [-0.4, -0.2) is 19.2 Å². The van der Waals surface area contributed by atoms with Crippen molar-refractivity contribution in [2.75, 3.05) is 7.11 Å². The van der Waals surface area contributed by atoms with E-state index in [1.165, 1.54) is 0 Å². The zero-order chi connectivity index (χ0) is 12.1. The summed E-state index contributed by atoms with van der Waals surface area (Å²) in [6.07, 6.45) is 7.60. The predicted octanol–water partition coefficient (Wildman–Crippen LogP) is 2.83. The maximum atomic E-state index is 10.4. The van der Waals surface area contributed by atoms with Gasteiger partial charge in [-0.1, -0.05) is 24.3 Å². The van der Waals surface area contributed by atoms with Crippen LogP contribution < -0.4 is 4.74 Å². The van der Waals surface area contributed by atoms with E-state index in [-0.39, 0.29) is 12.0 Å². The largest absolute Gasteiger partial charge is 0.497 e. The van der Waals surface area contributed by atoms with E-state index in [0.29, 0.717) is 0 Å². The molecule has 3 nitrogen and oxygen atoms in total. The third-order valence-corrected chi connectivity index (χ3v) is 3.14. The van der Waals surface area contributed by atoms with Gasteiger partial charge in [0.2, 0.25) is 6.08 Å². The fourth-order valence-electron chi connectivity index (χ4n) is 2.24. The highest BCUT2D eigenvalue weighted by Crippen LogP contribution is 2.33. The van der Waals surface area contributed by atoms with Crippen molar-refractivity contribution in [3.05, 3.63) is 42.0 Å². The lowest BCUT2D eigenvalue weighted by atomic mass is 9.84. The molecule has 0 radical (unpaired) electrons. The van der Waals surface area contributed by atoms with Gasteiger partial charge in [-0.2, -0.15) is 0 Å². The molecule has 0 spiro atoms. The average Bonchev–Trinajstić information content (AvgIpc) is 2.40. The van der Waals surface area contributed by atoms with Gasteiger partial charge in [-0.3, -0.25) is 0 Å². The molecule has 1 aromatic carbocycles. The summed E-state index contributed by atoms with van der Waals surface area (Å²) in [4.78, 5) is 14.3. The number of aliphatic imine (C=N–C) groups is 1. The molecule has 1 aromatic rings. The summed E-state index contributed by atoms with van der Waals surface area (Å²) in [5.74, 6) is 1.09. The van der Waals surface area contributed by atoms with Crippen LogP contribution in [0.4, 0.5) is 0 Å². The predicted molar refractivity (Wildman–Crippen MR) is 66.0 cm³/mol. The van der Waals surface area contributed by atoms with Crippen molar-refractivity contribution in [3.8, 4) is 5.75 Å². The quantitative estimate of drug-likeness (QED) is 0.454. The summed E-state index contributed by atoms with van der Waals surface area (Å²) in [5.41, 5.74) is 1.16. The fraction of sp³-hybridized carbons (Fsp3) is 0.357. The monoisotopic (exact) mass is 229 g/mol. The summed E-state index contributed by atoms with van der Waals surface area (Å²) in [6.45, 7) is 0. The molecule has 88 valence electrons. The highest BCUT2D eigenvalue weighted by atomic mass is 16.5. The van der Waals surface area contributed by atoms with E-state index < -0.39 is 0 Å². The molecule has 0 N–H and O–H groups in total. The van der Waals surface area contributed by atoms with Gasteiger partial charge in [-0.05, 0) is 30.5 Å². The smallest absolute Gasteiger partial charge is 0.235 e. The Morgan fingerprint density at radius 1 is 1.35 bits per heavy atom. The van der Waals surface area contributed by atoms with Crippen molar-refractivity contribution in [2.24, 2.45) is 4.99 Å². The molecule has 0 aromatic heterocycles. The Bertz CT molecular complexity index is 461. The van der Waals surface area contributed by atoms with Crippen molar-refractivity contribution in [1.29, 1.82) is 0 Å². The molecule has 0 heterocycles. The van der Waals surface area contributed by atoms with Crippen LogP contribution in [-0.2, 0) is 4.79 Å². The van der Waals surface area contributed by atoms with E-state index in [1.807, 2.05) is 18.2 Å². The van der Waals surface area contributed by atoms with E-state index in [2.05, 4.69) is 23.2 Å². The van der Waals surface area contributed by atoms with Crippen molar-refractivity contribution in [1.82, 2.24) is 0 Å².